The highest BCUT2D eigenvalue weighted by Gasteiger charge is 2.07. The molecule has 0 amide bonds. The molecule has 0 atom stereocenters. The Bertz CT molecular complexity index is 641. The number of aryl methyl sites for hydroxylation is 1. The Morgan fingerprint density at radius 2 is 2.10 bits per heavy atom. The second-order valence-electron chi connectivity index (χ2n) is 5.43. The highest BCUT2D eigenvalue weighted by Crippen LogP contribution is 2.25. The zero-order chi connectivity index (χ0) is 14.5. The number of fused-ring (bicyclic) bond motifs is 1. The average molecular weight is 287 g/mol. The van der Waals surface area contributed by atoms with Gasteiger partial charge in [0.25, 0.3) is 0 Å². The quantitative estimate of drug-likeness (QED) is 0.591. The van der Waals surface area contributed by atoms with Crippen molar-refractivity contribution in [2.75, 3.05) is 0 Å². The van der Waals surface area contributed by atoms with E-state index in [1.807, 2.05) is 12.1 Å². The first-order valence-corrected chi connectivity index (χ1v) is 7.40. The van der Waals surface area contributed by atoms with Crippen molar-refractivity contribution in [1.29, 1.82) is 0 Å². The summed E-state index contributed by atoms with van der Waals surface area (Å²) in [5.74, 6) is 4.21. The van der Waals surface area contributed by atoms with Gasteiger partial charge in [0.05, 0.1) is 10.5 Å². The minimum absolute atomic E-state index is 0.566. The smallest absolute Gasteiger partial charge is 0.128 e. The minimum atomic E-state index is 0.566. The molecule has 0 N–H and O–H groups in total. The van der Waals surface area contributed by atoms with Gasteiger partial charge in [-0.05, 0) is 24.5 Å². The topological polar surface area (TPSA) is 25.8 Å². The van der Waals surface area contributed by atoms with Crippen LogP contribution in [0.3, 0.4) is 0 Å². The molecule has 0 saturated carbocycles. The summed E-state index contributed by atoms with van der Waals surface area (Å²) in [7, 11) is 0. The number of benzene rings is 1. The second-order valence-corrected chi connectivity index (χ2v) is 5.81. The van der Waals surface area contributed by atoms with E-state index >= 15 is 0 Å². The van der Waals surface area contributed by atoms with E-state index in [-0.39, 0.29) is 0 Å². The van der Waals surface area contributed by atoms with Crippen molar-refractivity contribution in [2.24, 2.45) is 5.92 Å². The van der Waals surface area contributed by atoms with Crippen molar-refractivity contribution in [3.8, 4) is 12.3 Å². The number of halogens is 1. The number of hydrogen-bond donors (Lipinski definition) is 0. The molecule has 0 radical (unpaired) electrons. The summed E-state index contributed by atoms with van der Waals surface area (Å²) in [6, 6.07) is 3.75. The monoisotopic (exact) mass is 286 g/mol. The molecular formula is C17H19ClN2. The van der Waals surface area contributed by atoms with Gasteiger partial charge in [-0.1, -0.05) is 44.2 Å². The third-order valence-corrected chi connectivity index (χ3v) is 3.74. The van der Waals surface area contributed by atoms with E-state index in [1.165, 1.54) is 12.8 Å². The molecule has 0 saturated heterocycles. The van der Waals surface area contributed by atoms with E-state index in [0.717, 1.165) is 35.5 Å². The van der Waals surface area contributed by atoms with Gasteiger partial charge in [-0.3, -0.25) is 0 Å². The summed E-state index contributed by atoms with van der Waals surface area (Å²) < 4.78 is 0. The first-order chi connectivity index (χ1) is 9.61. The number of rotatable bonds is 5. The highest BCUT2D eigenvalue weighted by molar-refractivity contribution is 6.36. The fraction of sp³-hybridized carbons (Fsp3) is 0.412. The molecule has 0 aliphatic rings. The Hall–Kier alpha value is -1.59. The molecule has 3 heteroatoms. The van der Waals surface area contributed by atoms with Crippen LogP contribution in [0.1, 0.15) is 44.5 Å². The van der Waals surface area contributed by atoms with Crippen molar-refractivity contribution in [1.82, 2.24) is 9.97 Å². The van der Waals surface area contributed by atoms with E-state index in [1.54, 1.807) is 6.20 Å². The molecule has 2 nitrogen and oxygen atoms in total. The van der Waals surface area contributed by atoms with Gasteiger partial charge in [-0.15, -0.1) is 6.42 Å². The Morgan fingerprint density at radius 1 is 1.30 bits per heavy atom. The van der Waals surface area contributed by atoms with Crippen LogP contribution in [0.25, 0.3) is 10.9 Å². The summed E-state index contributed by atoms with van der Waals surface area (Å²) in [5.41, 5.74) is 1.55. The van der Waals surface area contributed by atoms with Gasteiger partial charge >= 0.3 is 0 Å². The third kappa shape index (κ3) is 3.49. The summed E-state index contributed by atoms with van der Waals surface area (Å²) in [6.07, 6.45) is 11.7. The van der Waals surface area contributed by atoms with E-state index in [9.17, 15) is 0 Å². The van der Waals surface area contributed by atoms with E-state index in [4.69, 9.17) is 18.0 Å². The van der Waals surface area contributed by atoms with Gasteiger partial charge in [0.15, 0.2) is 0 Å². The van der Waals surface area contributed by atoms with Crippen LogP contribution in [0.15, 0.2) is 18.3 Å². The number of aromatic nitrogens is 2. The molecule has 1 aromatic heterocycles. The van der Waals surface area contributed by atoms with E-state index in [2.05, 4.69) is 29.7 Å². The number of nitrogens with zero attached hydrogens (tertiary/aromatic N) is 2. The standard InChI is InChI=1S/C17H19ClN2/c1-4-13-9-10-15-14(17(13)18)11-19-16(20-15)8-6-5-7-12(2)3/h1,9-12H,5-8H2,2-3H3. The van der Waals surface area contributed by atoms with Gasteiger partial charge in [-0.25, -0.2) is 9.97 Å². The fourth-order valence-electron chi connectivity index (χ4n) is 2.18. The van der Waals surface area contributed by atoms with Crippen molar-refractivity contribution in [3.05, 3.63) is 34.7 Å². The molecule has 20 heavy (non-hydrogen) atoms. The molecule has 0 bridgehead atoms. The molecule has 0 aliphatic carbocycles. The normalized spacial score (nSPS) is 10.9. The molecule has 0 aliphatic heterocycles. The van der Waals surface area contributed by atoms with Crippen molar-refractivity contribution < 1.29 is 0 Å². The van der Waals surface area contributed by atoms with Crippen LogP contribution >= 0.6 is 11.6 Å². The number of terminal acetylenes is 1. The van der Waals surface area contributed by atoms with Gasteiger partial charge in [0.2, 0.25) is 0 Å². The lowest BCUT2D eigenvalue weighted by Gasteiger charge is -2.06. The van der Waals surface area contributed by atoms with Crippen LogP contribution in [-0.2, 0) is 6.42 Å². The van der Waals surface area contributed by atoms with Crippen LogP contribution < -0.4 is 0 Å². The SMILES string of the molecule is C#Cc1ccc2nc(CCCCC(C)C)ncc2c1Cl. The van der Waals surface area contributed by atoms with Crippen molar-refractivity contribution in [2.45, 2.75) is 39.5 Å². The molecule has 0 spiro atoms. The Morgan fingerprint density at radius 3 is 2.80 bits per heavy atom. The van der Waals surface area contributed by atoms with Crippen molar-refractivity contribution in [3.63, 3.8) is 0 Å². The summed E-state index contributed by atoms with van der Waals surface area (Å²) in [6.45, 7) is 4.50. The lowest BCUT2D eigenvalue weighted by atomic mass is 10.1. The zero-order valence-corrected chi connectivity index (χ0v) is 12.7. The molecule has 1 aromatic carbocycles. The zero-order valence-electron chi connectivity index (χ0n) is 12.0. The largest absolute Gasteiger partial charge is 0.241 e. The molecule has 2 aromatic rings. The lowest BCUT2D eigenvalue weighted by molar-refractivity contribution is 0.534. The predicted molar refractivity (Wildman–Crippen MR) is 84.9 cm³/mol. The summed E-state index contributed by atoms with van der Waals surface area (Å²) in [5, 5.41) is 1.39. The van der Waals surface area contributed by atoms with E-state index in [0.29, 0.717) is 10.6 Å². The van der Waals surface area contributed by atoms with E-state index < -0.39 is 0 Å². The van der Waals surface area contributed by atoms with Gasteiger partial charge in [-0.2, -0.15) is 0 Å². The maximum absolute atomic E-state index is 6.23. The maximum Gasteiger partial charge on any atom is 0.128 e. The van der Waals surface area contributed by atoms with Gasteiger partial charge in [0, 0.05) is 23.6 Å². The molecule has 2 rings (SSSR count). The predicted octanol–water partition coefficient (Wildman–Crippen LogP) is 4.63. The molecule has 1 heterocycles. The summed E-state index contributed by atoms with van der Waals surface area (Å²) in [4.78, 5) is 8.96. The number of hydrogen-bond acceptors (Lipinski definition) is 2. The van der Waals surface area contributed by atoms with Crippen molar-refractivity contribution >= 4 is 22.5 Å². The fourth-order valence-corrected chi connectivity index (χ4v) is 2.44. The lowest BCUT2D eigenvalue weighted by Crippen LogP contribution is -1.97. The number of unbranched alkanes of at least 4 members (excludes halogenated alkanes) is 1. The second kappa shape index (κ2) is 6.72. The Labute approximate surface area is 125 Å². The van der Waals surface area contributed by atoms with Gasteiger partial charge < -0.3 is 0 Å². The third-order valence-electron chi connectivity index (χ3n) is 3.34. The molecular weight excluding hydrogens is 268 g/mol. The maximum atomic E-state index is 6.23. The van der Waals surface area contributed by atoms with Crippen LogP contribution in [0.5, 0.6) is 0 Å². The van der Waals surface area contributed by atoms with Crippen LogP contribution in [0.4, 0.5) is 0 Å². The van der Waals surface area contributed by atoms with Crippen LogP contribution in [0.2, 0.25) is 5.02 Å². The molecule has 0 fully saturated rings. The first kappa shape index (κ1) is 14.8. The Kier molecular flexibility index (Phi) is 4.98. The average Bonchev–Trinajstić information content (AvgIpc) is 2.44. The van der Waals surface area contributed by atoms with Crippen LogP contribution in [0, 0.1) is 18.3 Å². The highest BCUT2D eigenvalue weighted by atomic mass is 35.5. The minimum Gasteiger partial charge on any atom is -0.241 e. The van der Waals surface area contributed by atoms with Crippen LogP contribution in [-0.4, -0.2) is 9.97 Å². The summed E-state index contributed by atoms with van der Waals surface area (Å²) >= 11 is 6.23. The van der Waals surface area contributed by atoms with Gasteiger partial charge in [0.1, 0.15) is 5.82 Å². The Balaban J connectivity index is 2.12. The molecule has 0 unspecified atom stereocenters. The first-order valence-electron chi connectivity index (χ1n) is 7.02. The molecule has 104 valence electrons.